The summed E-state index contributed by atoms with van der Waals surface area (Å²) in [5.41, 5.74) is 11.5. The van der Waals surface area contributed by atoms with Crippen molar-refractivity contribution in [1.29, 1.82) is 0 Å². The average Bonchev–Trinajstić information content (AvgIpc) is 3.80. The molecule has 1 aliphatic rings. The minimum absolute atomic E-state index is 0. The molecule has 6 aromatic carbocycles. The Hall–Kier alpha value is -5.48. The zero-order chi connectivity index (χ0) is 31.3. The van der Waals surface area contributed by atoms with Crippen LogP contribution in [0.3, 0.4) is 0 Å². The zero-order valence-electron chi connectivity index (χ0n) is 26.1. The van der Waals surface area contributed by atoms with Gasteiger partial charge in [-0.25, -0.2) is 0 Å². The van der Waals surface area contributed by atoms with Gasteiger partial charge in [0, 0.05) is 45.1 Å². The standard InChI is InChI=1S/C32H21N3.C11H8N.Ir/c1-21-13-15-22(16-14-21)33-20-34(31-12-5-4-11-30(31)33)23-17-18-29-27(19-23)26-9-6-8-25-24-7-2-3-10-28(24)35(29)32(25)26;1-2-6-10(7-3-1)11-8-4-5-9-12-11;/h2-16,18-20H,1H3;1-6,8-9H;/q-2;-1;+3. The smallest absolute Gasteiger partial charge is 0.493 e. The van der Waals surface area contributed by atoms with Gasteiger partial charge in [0.2, 0.25) is 0 Å². The van der Waals surface area contributed by atoms with Crippen LogP contribution in [0.4, 0.5) is 22.7 Å². The molecule has 5 heteroatoms. The molecule has 9 aromatic rings. The van der Waals surface area contributed by atoms with E-state index in [1.165, 1.54) is 49.3 Å². The number of nitrogens with zero attached hydrogens (tertiary/aromatic N) is 4. The number of aryl methyl sites for hydroxylation is 1. The van der Waals surface area contributed by atoms with Crippen molar-refractivity contribution < 1.29 is 20.1 Å². The second kappa shape index (κ2) is 12.3. The largest absolute Gasteiger partial charge is 3.00 e. The second-order valence-electron chi connectivity index (χ2n) is 11.8. The zero-order valence-corrected chi connectivity index (χ0v) is 28.5. The Labute approximate surface area is 293 Å². The van der Waals surface area contributed by atoms with E-state index < -0.39 is 0 Å². The average molecular weight is 794 g/mol. The van der Waals surface area contributed by atoms with E-state index in [1.807, 2.05) is 42.5 Å². The SMILES string of the molecule is Cc1ccc(N2[CH-]N(c3[c-]cc4c(c3)c3cccc5c6ccccc6n4c35)c3ccccc32)cc1.[Ir+3].[c-]1ccccc1-c1ccccn1. The first-order chi connectivity index (χ1) is 23.2. The van der Waals surface area contributed by atoms with Crippen LogP contribution in [0.2, 0.25) is 0 Å². The van der Waals surface area contributed by atoms with Crippen LogP contribution >= 0.6 is 0 Å². The molecule has 10 rings (SSSR count). The Morgan fingerprint density at radius 3 is 2.08 bits per heavy atom. The number of anilines is 4. The summed E-state index contributed by atoms with van der Waals surface area (Å²) in [7, 11) is 0. The molecule has 4 nitrogen and oxygen atoms in total. The maximum atomic E-state index is 4.22. The second-order valence-corrected chi connectivity index (χ2v) is 11.8. The van der Waals surface area contributed by atoms with Gasteiger partial charge >= 0.3 is 20.1 Å². The molecular weight excluding hydrogens is 765 g/mol. The Bertz CT molecular complexity index is 2470. The molecule has 0 unspecified atom stereocenters. The van der Waals surface area contributed by atoms with E-state index in [2.05, 4.69) is 148 Å². The van der Waals surface area contributed by atoms with Crippen molar-refractivity contribution in [2.75, 3.05) is 9.80 Å². The summed E-state index contributed by atoms with van der Waals surface area (Å²) in [4.78, 5) is 8.73. The third kappa shape index (κ3) is 4.91. The van der Waals surface area contributed by atoms with E-state index in [4.69, 9.17) is 0 Å². The van der Waals surface area contributed by atoms with Gasteiger partial charge in [-0.05, 0) is 54.4 Å². The predicted octanol–water partition coefficient (Wildman–Crippen LogP) is 10.9. The molecule has 0 atom stereocenters. The number of para-hydroxylation sites is 4. The number of benzene rings is 6. The van der Waals surface area contributed by atoms with Crippen molar-refractivity contribution in [1.82, 2.24) is 9.38 Å². The van der Waals surface area contributed by atoms with Crippen molar-refractivity contribution in [3.05, 3.63) is 176 Å². The molecular formula is C43H29IrN4. The molecule has 0 N–H and O–H groups in total. The summed E-state index contributed by atoms with van der Waals surface area (Å²) in [5.74, 6) is 0. The van der Waals surface area contributed by atoms with Crippen LogP contribution in [-0.4, -0.2) is 9.38 Å². The summed E-state index contributed by atoms with van der Waals surface area (Å²) in [6.45, 7) is 4.30. The number of hydrogen-bond donors (Lipinski definition) is 0. The first-order valence-electron chi connectivity index (χ1n) is 15.8. The molecule has 1 aliphatic heterocycles. The molecule has 48 heavy (non-hydrogen) atoms. The van der Waals surface area contributed by atoms with Gasteiger partial charge in [-0.2, -0.15) is 12.1 Å². The summed E-state index contributed by atoms with van der Waals surface area (Å²) in [5, 5.41) is 5.14. The molecule has 0 bridgehead atoms. The first kappa shape index (κ1) is 29.9. The molecule has 4 heterocycles. The van der Waals surface area contributed by atoms with Crippen molar-refractivity contribution in [2.24, 2.45) is 0 Å². The Morgan fingerprint density at radius 1 is 0.604 bits per heavy atom. The molecule has 0 spiro atoms. The molecule has 0 saturated carbocycles. The van der Waals surface area contributed by atoms with Gasteiger partial charge in [0.1, 0.15) is 0 Å². The number of aromatic nitrogens is 2. The van der Waals surface area contributed by atoms with Crippen LogP contribution in [0, 0.1) is 25.7 Å². The molecule has 230 valence electrons. The third-order valence-corrected chi connectivity index (χ3v) is 8.99. The van der Waals surface area contributed by atoms with Gasteiger partial charge < -0.3 is 19.2 Å². The van der Waals surface area contributed by atoms with Crippen LogP contribution in [0.1, 0.15) is 5.56 Å². The van der Waals surface area contributed by atoms with Gasteiger partial charge in [0.15, 0.2) is 0 Å². The molecule has 3 aromatic heterocycles. The van der Waals surface area contributed by atoms with Crippen molar-refractivity contribution in [2.45, 2.75) is 6.92 Å². The predicted molar refractivity (Wildman–Crippen MR) is 195 cm³/mol. The molecule has 0 radical (unpaired) electrons. The first-order valence-corrected chi connectivity index (χ1v) is 15.8. The summed E-state index contributed by atoms with van der Waals surface area (Å²) >= 11 is 0. The van der Waals surface area contributed by atoms with Crippen LogP contribution in [0.15, 0.2) is 152 Å². The number of hydrogen-bond acceptors (Lipinski definition) is 3. The minimum atomic E-state index is 0. The van der Waals surface area contributed by atoms with Crippen LogP contribution in [-0.2, 0) is 20.1 Å². The fraction of sp³-hybridized carbons (Fsp3) is 0.0233. The molecule has 0 amide bonds. The van der Waals surface area contributed by atoms with Crippen molar-refractivity contribution in [3.8, 4) is 11.3 Å². The van der Waals surface area contributed by atoms with Crippen LogP contribution < -0.4 is 9.80 Å². The maximum absolute atomic E-state index is 4.22. The molecule has 0 aliphatic carbocycles. The van der Waals surface area contributed by atoms with Crippen LogP contribution in [0.5, 0.6) is 0 Å². The fourth-order valence-corrected chi connectivity index (χ4v) is 6.79. The maximum Gasteiger partial charge on any atom is 3.00 e. The van der Waals surface area contributed by atoms with E-state index in [0.29, 0.717) is 0 Å². The van der Waals surface area contributed by atoms with Gasteiger partial charge in [-0.1, -0.05) is 83.9 Å². The van der Waals surface area contributed by atoms with Crippen molar-refractivity contribution in [3.63, 3.8) is 0 Å². The van der Waals surface area contributed by atoms with Gasteiger partial charge in [-0.3, -0.25) is 0 Å². The topological polar surface area (TPSA) is 23.8 Å². The van der Waals surface area contributed by atoms with Gasteiger partial charge in [-0.15, -0.1) is 59.7 Å². The fourth-order valence-electron chi connectivity index (χ4n) is 6.79. The Kier molecular flexibility index (Phi) is 7.64. The van der Waals surface area contributed by atoms with E-state index in [1.54, 1.807) is 6.20 Å². The van der Waals surface area contributed by atoms with Crippen molar-refractivity contribution >= 4 is 60.8 Å². The quantitative estimate of drug-likeness (QED) is 0.167. The van der Waals surface area contributed by atoms with E-state index in [0.717, 1.165) is 28.3 Å². The van der Waals surface area contributed by atoms with E-state index in [9.17, 15) is 0 Å². The summed E-state index contributed by atoms with van der Waals surface area (Å²) < 4.78 is 2.40. The molecule has 0 saturated heterocycles. The minimum Gasteiger partial charge on any atom is -0.493 e. The van der Waals surface area contributed by atoms with Gasteiger partial charge in [0.05, 0.1) is 0 Å². The number of rotatable bonds is 3. The summed E-state index contributed by atoms with van der Waals surface area (Å²) in [6, 6.07) is 57.4. The van der Waals surface area contributed by atoms with E-state index >= 15 is 0 Å². The van der Waals surface area contributed by atoms with Gasteiger partial charge in [0.25, 0.3) is 0 Å². The van der Waals surface area contributed by atoms with E-state index in [-0.39, 0.29) is 20.1 Å². The summed E-state index contributed by atoms with van der Waals surface area (Å²) in [6.07, 6.45) is 1.79. The number of pyridine rings is 1. The normalized spacial score (nSPS) is 12.4. The molecule has 0 fully saturated rings. The Balaban J connectivity index is 0.000000220. The monoisotopic (exact) mass is 794 g/mol. The number of fused-ring (bicyclic) bond motifs is 7. The third-order valence-electron chi connectivity index (χ3n) is 8.99. The Morgan fingerprint density at radius 2 is 1.31 bits per heavy atom. The van der Waals surface area contributed by atoms with Crippen LogP contribution in [0.25, 0.3) is 49.4 Å².